The summed E-state index contributed by atoms with van der Waals surface area (Å²) in [6, 6.07) is 13.6. The fourth-order valence-corrected chi connectivity index (χ4v) is 2.28. The number of rotatable bonds is 4. The highest BCUT2D eigenvalue weighted by atomic mass is 16.3. The second-order valence-corrected chi connectivity index (χ2v) is 4.95. The van der Waals surface area contributed by atoms with Crippen LogP contribution in [0.3, 0.4) is 0 Å². The maximum atomic E-state index is 10.2. The number of benzene rings is 2. The van der Waals surface area contributed by atoms with Crippen LogP contribution >= 0.6 is 0 Å². The molecule has 0 saturated carbocycles. The number of aromatic nitrogens is 1. The van der Waals surface area contributed by atoms with E-state index in [9.17, 15) is 15.3 Å². The van der Waals surface area contributed by atoms with Gasteiger partial charge in [-0.1, -0.05) is 12.1 Å². The van der Waals surface area contributed by atoms with Crippen LogP contribution in [0.15, 0.2) is 48.5 Å². The van der Waals surface area contributed by atoms with Gasteiger partial charge in [0.05, 0.1) is 5.69 Å². The highest BCUT2D eigenvalue weighted by Crippen LogP contribution is 2.23. The van der Waals surface area contributed by atoms with Crippen molar-refractivity contribution in [3.8, 4) is 11.5 Å². The van der Waals surface area contributed by atoms with Gasteiger partial charge in [0.25, 0.3) is 0 Å². The summed E-state index contributed by atoms with van der Waals surface area (Å²) in [4.78, 5) is 3.10. The van der Waals surface area contributed by atoms with Gasteiger partial charge in [0.15, 0.2) is 0 Å². The predicted molar refractivity (Wildman–Crippen MR) is 79.9 cm³/mol. The van der Waals surface area contributed by atoms with Crippen LogP contribution in [0.25, 0.3) is 10.9 Å². The molecule has 3 rings (SSSR count). The van der Waals surface area contributed by atoms with Gasteiger partial charge in [-0.2, -0.15) is 0 Å². The number of phenolic OH excluding ortho intramolecular Hbond substituents is 2. The lowest BCUT2D eigenvalue weighted by molar-refractivity contribution is 0.133. The van der Waals surface area contributed by atoms with Gasteiger partial charge >= 0.3 is 0 Å². The Morgan fingerprint density at radius 3 is 2.62 bits per heavy atom. The van der Waals surface area contributed by atoms with Crippen molar-refractivity contribution in [3.63, 3.8) is 0 Å². The Hall–Kier alpha value is -2.50. The Bertz CT molecular complexity index is 767. The minimum absolute atomic E-state index is 0.190. The molecule has 0 saturated heterocycles. The third-order valence-corrected chi connectivity index (χ3v) is 3.33. The van der Waals surface area contributed by atoms with Crippen LogP contribution in [0.2, 0.25) is 0 Å². The maximum absolute atomic E-state index is 10.2. The summed E-state index contributed by atoms with van der Waals surface area (Å²) < 4.78 is 0. The van der Waals surface area contributed by atoms with Crippen molar-refractivity contribution < 1.29 is 15.3 Å². The molecule has 21 heavy (non-hydrogen) atoms. The van der Waals surface area contributed by atoms with Crippen LogP contribution in [0.4, 0.5) is 0 Å². The van der Waals surface area contributed by atoms with Crippen molar-refractivity contribution in [3.05, 3.63) is 59.8 Å². The SMILES string of the molecule is Oc1cccc(CNC(O)c2cc3cc(O)ccc3[nH]2)c1. The Morgan fingerprint density at radius 1 is 1.00 bits per heavy atom. The number of phenols is 2. The van der Waals surface area contributed by atoms with Gasteiger partial charge in [-0.25, -0.2) is 0 Å². The van der Waals surface area contributed by atoms with E-state index in [2.05, 4.69) is 10.3 Å². The third-order valence-electron chi connectivity index (χ3n) is 3.33. The number of hydrogen-bond donors (Lipinski definition) is 5. The monoisotopic (exact) mass is 284 g/mol. The molecule has 5 N–H and O–H groups in total. The minimum atomic E-state index is -0.859. The Kier molecular flexibility index (Phi) is 3.51. The first-order chi connectivity index (χ1) is 10.1. The van der Waals surface area contributed by atoms with Crippen LogP contribution in [0.1, 0.15) is 17.5 Å². The maximum Gasteiger partial charge on any atom is 0.146 e. The smallest absolute Gasteiger partial charge is 0.146 e. The fraction of sp³-hybridized carbons (Fsp3) is 0.125. The number of aliphatic hydroxyl groups is 1. The van der Waals surface area contributed by atoms with E-state index >= 15 is 0 Å². The lowest BCUT2D eigenvalue weighted by atomic mass is 10.2. The van der Waals surface area contributed by atoms with E-state index in [-0.39, 0.29) is 11.5 Å². The van der Waals surface area contributed by atoms with Crippen LogP contribution in [-0.4, -0.2) is 20.3 Å². The summed E-state index contributed by atoms with van der Waals surface area (Å²) >= 11 is 0. The number of fused-ring (bicyclic) bond motifs is 1. The lowest BCUT2D eigenvalue weighted by Crippen LogP contribution is -2.20. The Morgan fingerprint density at radius 2 is 1.81 bits per heavy atom. The number of nitrogens with one attached hydrogen (secondary N) is 2. The molecule has 0 bridgehead atoms. The van der Waals surface area contributed by atoms with Crippen LogP contribution < -0.4 is 5.32 Å². The molecule has 5 heteroatoms. The average Bonchev–Trinajstić information content (AvgIpc) is 2.88. The van der Waals surface area contributed by atoms with Crippen molar-refractivity contribution in [2.45, 2.75) is 12.8 Å². The molecule has 3 aromatic rings. The van der Waals surface area contributed by atoms with E-state index in [1.54, 1.807) is 42.5 Å². The molecule has 0 spiro atoms. The predicted octanol–water partition coefficient (Wildman–Crippen LogP) is 2.36. The molecule has 0 amide bonds. The average molecular weight is 284 g/mol. The molecule has 0 fully saturated rings. The van der Waals surface area contributed by atoms with Crippen molar-refractivity contribution in [1.82, 2.24) is 10.3 Å². The number of H-pyrrole nitrogens is 1. The molecule has 5 nitrogen and oxygen atoms in total. The van der Waals surface area contributed by atoms with E-state index in [4.69, 9.17) is 0 Å². The molecule has 0 radical (unpaired) electrons. The van der Waals surface area contributed by atoms with Crippen LogP contribution in [0, 0.1) is 0 Å². The van der Waals surface area contributed by atoms with Gasteiger partial charge in [0.1, 0.15) is 17.7 Å². The van der Waals surface area contributed by atoms with E-state index < -0.39 is 6.23 Å². The fourth-order valence-electron chi connectivity index (χ4n) is 2.28. The summed E-state index contributed by atoms with van der Waals surface area (Å²) in [5.41, 5.74) is 2.35. The van der Waals surface area contributed by atoms with Gasteiger partial charge in [-0.15, -0.1) is 0 Å². The molecular weight excluding hydrogens is 268 g/mol. The highest BCUT2D eigenvalue weighted by Gasteiger charge is 2.10. The Balaban J connectivity index is 1.73. The van der Waals surface area contributed by atoms with E-state index in [1.807, 2.05) is 6.07 Å². The molecule has 1 heterocycles. The van der Waals surface area contributed by atoms with Gasteiger partial charge < -0.3 is 20.3 Å². The standard InChI is InChI=1S/C16H16N2O3/c19-12-3-1-2-10(6-12)9-17-16(21)15-8-11-7-13(20)4-5-14(11)18-15/h1-8,16-21H,9H2. The number of aromatic amines is 1. The molecule has 1 aromatic heterocycles. The topological polar surface area (TPSA) is 88.5 Å². The molecule has 108 valence electrons. The summed E-state index contributed by atoms with van der Waals surface area (Å²) in [7, 11) is 0. The van der Waals surface area contributed by atoms with Gasteiger partial charge in [-0.05, 0) is 42.0 Å². The van der Waals surface area contributed by atoms with E-state index in [0.29, 0.717) is 12.2 Å². The molecular formula is C16H16N2O3. The summed E-state index contributed by atoms with van der Waals surface area (Å²) in [5, 5.41) is 32.8. The van der Waals surface area contributed by atoms with Gasteiger partial charge in [0, 0.05) is 17.4 Å². The highest BCUT2D eigenvalue weighted by molar-refractivity contribution is 5.81. The van der Waals surface area contributed by atoms with Crippen molar-refractivity contribution in [1.29, 1.82) is 0 Å². The largest absolute Gasteiger partial charge is 0.508 e. The number of aliphatic hydroxyl groups excluding tert-OH is 1. The lowest BCUT2D eigenvalue weighted by Gasteiger charge is -2.11. The first kappa shape index (κ1) is 13.5. The molecule has 0 aliphatic carbocycles. The second kappa shape index (κ2) is 5.47. The van der Waals surface area contributed by atoms with Crippen LogP contribution in [-0.2, 0) is 6.54 Å². The first-order valence-corrected chi connectivity index (χ1v) is 6.63. The van der Waals surface area contributed by atoms with Crippen molar-refractivity contribution in [2.24, 2.45) is 0 Å². The zero-order chi connectivity index (χ0) is 14.8. The molecule has 1 unspecified atom stereocenters. The zero-order valence-electron chi connectivity index (χ0n) is 11.2. The zero-order valence-corrected chi connectivity index (χ0v) is 11.2. The van der Waals surface area contributed by atoms with Gasteiger partial charge in [-0.3, -0.25) is 5.32 Å². The third kappa shape index (κ3) is 2.99. The second-order valence-electron chi connectivity index (χ2n) is 4.95. The number of aromatic hydroxyl groups is 2. The first-order valence-electron chi connectivity index (χ1n) is 6.63. The normalized spacial score (nSPS) is 12.6. The van der Waals surface area contributed by atoms with Crippen molar-refractivity contribution >= 4 is 10.9 Å². The molecule has 0 aliphatic heterocycles. The van der Waals surface area contributed by atoms with E-state index in [0.717, 1.165) is 16.5 Å². The van der Waals surface area contributed by atoms with Crippen LogP contribution in [0.5, 0.6) is 11.5 Å². The van der Waals surface area contributed by atoms with E-state index in [1.165, 1.54) is 0 Å². The minimum Gasteiger partial charge on any atom is -0.508 e. The summed E-state index contributed by atoms with van der Waals surface area (Å²) in [6.45, 7) is 0.427. The summed E-state index contributed by atoms with van der Waals surface area (Å²) in [5.74, 6) is 0.389. The molecule has 0 aliphatic rings. The number of hydrogen-bond acceptors (Lipinski definition) is 4. The quantitative estimate of drug-likeness (QED) is 0.476. The van der Waals surface area contributed by atoms with Crippen molar-refractivity contribution in [2.75, 3.05) is 0 Å². The van der Waals surface area contributed by atoms with Gasteiger partial charge in [0.2, 0.25) is 0 Å². The molecule has 2 aromatic carbocycles. The Labute approximate surface area is 121 Å². The summed E-state index contributed by atoms with van der Waals surface area (Å²) in [6.07, 6.45) is -0.859. The molecule has 1 atom stereocenters.